The summed E-state index contributed by atoms with van der Waals surface area (Å²) in [5.41, 5.74) is 0.392. The van der Waals surface area contributed by atoms with Crippen molar-refractivity contribution in [2.45, 2.75) is 26.1 Å². The van der Waals surface area contributed by atoms with E-state index >= 15 is 0 Å². The lowest BCUT2D eigenvalue weighted by Crippen LogP contribution is -2.34. The van der Waals surface area contributed by atoms with Crippen molar-refractivity contribution >= 4 is 16.9 Å². The minimum Gasteiger partial charge on any atom is -0.497 e. The lowest BCUT2D eigenvalue weighted by Gasteiger charge is -2.29. The molecule has 0 unspecified atom stereocenters. The Bertz CT molecular complexity index is 1610. The van der Waals surface area contributed by atoms with E-state index in [0.717, 1.165) is 11.3 Å². The van der Waals surface area contributed by atoms with Crippen LogP contribution in [0.4, 0.5) is 13.2 Å². The maximum Gasteiger partial charge on any atom is 0.453 e. The van der Waals surface area contributed by atoms with Crippen molar-refractivity contribution < 1.29 is 41.3 Å². The molecule has 0 aliphatic carbocycles. The van der Waals surface area contributed by atoms with Crippen LogP contribution < -0.4 is 19.6 Å². The second kappa shape index (κ2) is 11.5. The van der Waals surface area contributed by atoms with Gasteiger partial charge in [-0.1, -0.05) is 12.1 Å². The van der Waals surface area contributed by atoms with Gasteiger partial charge in [-0.25, -0.2) is 4.79 Å². The molecule has 0 saturated heterocycles. The molecule has 2 heterocycles. The molecule has 0 radical (unpaired) electrons. The zero-order chi connectivity index (χ0) is 29.1. The smallest absolute Gasteiger partial charge is 0.453 e. The number of methoxy groups -OCH3 is 1. The lowest BCUT2D eigenvalue weighted by atomic mass is 10.1. The fourth-order valence-electron chi connectivity index (χ4n) is 4.49. The number of hydrogen-bond donors (Lipinski definition) is 0. The first-order valence-corrected chi connectivity index (χ1v) is 12.8. The van der Waals surface area contributed by atoms with Crippen molar-refractivity contribution in [1.82, 2.24) is 4.90 Å². The first-order chi connectivity index (χ1) is 19.7. The minimum atomic E-state index is -5.03. The molecule has 214 valence electrons. The third-order valence-corrected chi connectivity index (χ3v) is 6.58. The molecule has 0 amide bonds. The molecule has 0 bridgehead atoms. The minimum absolute atomic E-state index is 0.0736. The van der Waals surface area contributed by atoms with Gasteiger partial charge >= 0.3 is 12.1 Å². The predicted molar refractivity (Wildman–Crippen MR) is 143 cm³/mol. The molecule has 0 spiro atoms. The van der Waals surface area contributed by atoms with Crippen molar-refractivity contribution in [1.29, 1.82) is 0 Å². The second-order valence-corrected chi connectivity index (χ2v) is 9.28. The van der Waals surface area contributed by atoms with Gasteiger partial charge in [0.25, 0.3) is 5.76 Å². The third kappa shape index (κ3) is 5.99. The Morgan fingerprint density at radius 3 is 2.37 bits per heavy atom. The van der Waals surface area contributed by atoms with Gasteiger partial charge in [0, 0.05) is 13.1 Å². The van der Waals surface area contributed by atoms with Crippen LogP contribution in [0.25, 0.3) is 11.0 Å². The number of benzene rings is 3. The van der Waals surface area contributed by atoms with Gasteiger partial charge in [0.15, 0.2) is 0 Å². The summed E-state index contributed by atoms with van der Waals surface area (Å²) < 4.78 is 69.2. The molecule has 1 aliphatic heterocycles. The van der Waals surface area contributed by atoms with E-state index in [9.17, 15) is 22.8 Å². The molecule has 1 aliphatic rings. The van der Waals surface area contributed by atoms with E-state index in [0.29, 0.717) is 24.3 Å². The molecule has 3 aromatic carbocycles. The summed E-state index contributed by atoms with van der Waals surface area (Å²) in [6.45, 7) is 2.82. The molecule has 5 rings (SSSR count). The van der Waals surface area contributed by atoms with Gasteiger partial charge in [-0.15, -0.1) is 0 Å². The SMILES string of the molecule is CCOC(=O)c1ccc(Oc2c(C(F)(F)F)oc3c4c(ccc3c2=O)OCN(CCc2ccc(OC)cc2)C4)cc1. The van der Waals surface area contributed by atoms with Crippen molar-refractivity contribution in [3.63, 3.8) is 0 Å². The largest absolute Gasteiger partial charge is 0.497 e. The molecule has 4 aromatic rings. The molecular formula is C30H26F3NO7. The van der Waals surface area contributed by atoms with Crippen LogP contribution in [0.5, 0.6) is 23.0 Å². The first kappa shape index (κ1) is 28.0. The number of hydrogen-bond acceptors (Lipinski definition) is 8. The highest BCUT2D eigenvalue weighted by Crippen LogP contribution is 2.41. The van der Waals surface area contributed by atoms with Gasteiger partial charge in [-0.3, -0.25) is 9.69 Å². The average Bonchev–Trinajstić information content (AvgIpc) is 2.97. The summed E-state index contributed by atoms with van der Waals surface area (Å²) >= 11 is 0. The molecule has 1 aromatic heterocycles. The number of carbonyl (C=O) groups excluding carboxylic acids is 1. The molecule has 0 fully saturated rings. The highest BCUT2D eigenvalue weighted by molar-refractivity contribution is 5.89. The van der Waals surface area contributed by atoms with Gasteiger partial charge in [-0.2, -0.15) is 13.2 Å². The molecule has 8 nitrogen and oxygen atoms in total. The number of fused-ring (bicyclic) bond motifs is 3. The number of nitrogens with zero attached hydrogens (tertiary/aromatic N) is 1. The van der Waals surface area contributed by atoms with E-state index in [4.69, 9.17) is 23.4 Å². The van der Waals surface area contributed by atoms with Crippen LogP contribution >= 0.6 is 0 Å². The maximum atomic E-state index is 14.2. The van der Waals surface area contributed by atoms with Crippen LogP contribution in [-0.4, -0.2) is 37.9 Å². The summed E-state index contributed by atoms with van der Waals surface area (Å²) in [5, 5.41) is -0.0736. The van der Waals surface area contributed by atoms with Gasteiger partial charge < -0.3 is 23.4 Å². The molecule has 0 N–H and O–H groups in total. The summed E-state index contributed by atoms with van der Waals surface area (Å²) in [7, 11) is 1.59. The molecule has 0 atom stereocenters. The highest BCUT2D eigenvalue weighted by Gasteiger charge is 2.41. The van der Waals surface area contributed by atoms with Gasteiger partial charge in [0.2, 0.25) is 11.2 Å². The number of ether oxygens (including phenoxy) is 4. The quantitative estimate of drug-likeness (QED) is 0.233. The predicted octanol–water partition coefficient (Wildman–Crippen LogP) is 6.18. The first-order valence-electron chi connectivity index (χ1n) is 12.8. The number of rotatable bonds is 8. The Hall–Kier alpha value is -4.51. The van der Waals surface area contributed by atoms with E-state index in [1.54, 1.807) is 20.1 Å². The molecular weight excluding hydrogens is 543 g/mol. The van der Waals surface area contributed by atoms with Crippen LogP contribution in [0.2, 0.25) is 0 Å². The Balaban J connectivity index is 1.45. The summed E-state index contributed by atoms with van der Waals surface area (Å²) in [4.78, 5) is 27.2. The van der Waals surface area contributed by atoms with Crippen LogP contribution in [-0.2, 0) is 23.9 Å². The number of alkyl halides is 3. The Morgan fingerprint density at radius 1 is 1.00 bits per heavy atom. The lowest BCUT2D eigenvalue weighted by molar-refractivity contribution is -0.154. The molecule has 0 saturated carbocycles. The summed E-state index contributed by atoms with van der Waals surface area (Å²) in [6, 6.07) is 15.7. The zero-order valence-electron chi connectivity index (χ0n) is 22.2. The molecule has 11 heteroatoms. The fraction of sp³-hybridized carbons (Fsp3) is 0.267. The number of carbonyl (C=O) groups is 1. The van der Waals surface area contributed by atoms with E-state index in [2.05, 4.69) is 0 Å². The Labute approximate surface area is 232 Å². The Kier molecular flexibility index (Phi) is 7.89. The van der Waals surface area contributed by atoms with Crippen LogP contribution in [0, 0.1) is 0 Å². The molecule has 41 heavy (non-hydrogen) atoms. The van der Waals surface area contributed by atoms with E-state index < -0.39 is 29.1 Å². The maximum absolute atomic E-state index is 14.2. The van der Waals surface area contributed by atoms with Crippen LogP contribution in [0.1, 0.15) is 34.2 Å². The summed E-state index contributed by atoms with van der Waals surface area (Å²) in [6.07, 6.45) is -4.36. The van der Waals surface area contributed by atoms with E-state index in [1.807, 2.05) is 29.2 Å². The summed E-state index contributed by atoms with van der Waals surface area (Å²) in [5.74, 6) is -2.15. The monoisotopic (exact) mass is 569 g/mol. The van der Waals surface area contributed by atoms with Crippen LogP contribution in [0.3, 0.4) is 0 Å². The second-order valence-electron chi connectivity index (χ2n) is 9.28. The highest BCUT2D eigenvalue weighted by atomic mass is 19.4. The van der Waals surface area contributed by atoms with Gasteiger partial charge in [0.05, 0.1) is 30.2 Å². The normalized spacial score (nSPS) is 13.4. The third-order valence-electron chi connectivity index (χ3n) is 6.58. The van der Waals surface area contributed by atoms with E-state index in [-0.39, 0.29) is 42.2 Å². The number of esters is 1. The Morgan fingerprint density at radius 2 is 1.71 bits per heavy atom. The van der Waals surface area contributed by atoms with Crippen molar-refractivity contribution in [2.75, 3.05) is 27.0 Å². The topological polar surface area (TPSA) is 87.4 Å². The van der Waals surface area contributed by atoms with E-state index in [1.165, 1.54) is 30.3 Å². The van der Waals surface area contributed by atoms with Gasteiger partial charge in [-0.05, 0) is 67.4 Å². The van der Waals surface area contributed by atoms with Gasteiger partial charge in [0.1, 0.15) is 29.6 Å². The number of halogens is 3. The van der Waals surface area contributed by atoms with Crippen LogP contribution in [0.15, 0.2) is 69.9 Å². The fourth-order valence-corrected chi connectivity index (χ4v) is 4.49. The zero-order valence-corrected chi connectivity index (χ0v) is 22.2. The van der Waals surface area contributed by atoms with Crippen molar-refractivity contribution in [2.24, 2.45) is 0 Å². The van der Waals surface area contributed by atoms with Crippen molar-refractivity contribution in [3.8, 4) is 23.0 Å². The average molecular weight is 570 g/mol. The van der Waals surface area contributed by atoms with Crippen molar-refractivity contribution in [3.05, 3.63) is 93.3 Å². The standard InChI is InChI=1S/C30H26F3NO7/c1-3-38-29(36)19-6-10-21(11-7-19)40-27-25(35)22-12-13-24-23(26(22)41-28(27)30(31,32)33)16-34(17-39-24)15-14-18-4-8-20(37-2)9-5-18/h4-13H,3,14-17H2,1-2H3.